The average Bonchev–Trinajstić information content (AvgIpc) is 3.33. The predicted octanol–water partition coefficient (Wildman–Crippen LogP) is 3.06. The number of fused-ring (bicyclic) bond motifs is 4. The first kappa shape index (κ1) is 19.9. The number of morpholine rings is 1. The minimum atomic E-state index is -0.509. The molecule has 2 N–H and O–H groups in total. The molecule has 0 spiro atoms. The molecule has 3 aromatic rings. The fourth-order valence-corrected chi connectivity index (χ4v) is 5.86. The molecule has 7 rings (SSSR count). The molecule has 4 aliphatic rings. The van der Waals surface area contributed by atoms with Gasteiger partial charge in [-0.25, -0.2) is 4.98 Å². The van der Waals surface area contributed by atoms with E-state index in [1.54, 1.807) is 0 Å². The summed E-state index contributed by atoms with van der Waals surface area (Å²) in [5.41, 5.74) is 10.1. The van der Waals surface area contributed by atoms with Crippen LogP contribution in [0.5, 0.6) is 0 Å². The first-order chi connectivity index (χ1) is 15.7. The summed E-state index contributed by atoms with van der Waals surface area (Å²) in [5, 5.41) is 0. The minimum Gasteiger partial charge on any atom is -0.443 e. The maximum atomic E-state index is 12.1. The first-order valence-electron chi connectivity index (χ1n) is 11.5. The van der Waals surface area contributed by atoms with E-state index in [0.717, 1.165) is 42.3 Å². The Kier molecular flexibility index (Phi) is 4.97. The van der Waals surface area contributed by atoms with Gasteiger partial charge < -0.3 is 19.8 Å². The Morgan fingerprint density at radius 3 is 2.72 bits per heavy atom. The van der Waals surface area contributed by atoms with Gasteiger partial charge in [0.2, 0.25) is 0 Å². The lowest BCUT2D eigenvalue weighted by molar-refractivity contribution is -0.0795. The highest BCUT2D eigenvalue weighted by atomic mass is 16.5. The predicted molar refractivity (Wildman–Crippen MR) is 121 cm³/mol. The maximum absolute atomic E-state index is 12.1. The zero-order chi connectivity index (χ0) is 21.7. The third-order valence-corrected chi connectivity index (χ3v) is 7.51. The van der Waals surface area contributed by atoms with E-state index in [4.69, 9.17) is 14.9 Å². The molecule has 4 saturated heterocycles. The highest BCUT2D eigenvalue weighted by Crippen LogP contribution is 2.37. The van der Waals surface area contributed by atoms with Gasteiger partial charge in [-0.2, -0.15) is 0 Å². The number of nitrogens with two attached hydrogens (primary N) is 1. The normalized spacial score (nSPS) is 28.2. The number of hydrogen-bond donors (Lipinski definition) is 1. The zero-order valence-corrected chi connectivity index (χ0v) is 18.1. The Morgan fingerprint density at radius 1 is 1.09 bits per heavy atom. The van der Waals surface area contributed by atoms with E-state index in [9.17, 15) is 4.79 Å². The number of hydrogen-bond acceptors (Lipinski definition) is 6. The van der Waals surface area contributed by atoms with Crippen LogP contribution in [0.1, 0.15) is 34.9 Å². The van der Waals surface area contributed by atoms with Gasteiger partial charge in [-0.3, -0.25) is 9.69 Å². The summed E-state index contributed by atoms with van der Waals surface area (Å²) in [7, 11) is 0. The second-order valence-electron chi connectivity index (χ2n) is 9.23. The summed E-state index contributed by atoms with van der Waals surface area (Å²) in [6, 6.07) is 12.7. The lowest BCUT2D eigenvalue weighted by Gasteiger charge is -2.51. The number of benzene rings is 2. The third kappa shape index (κ3) is 3.41. The van der Waals surface area contributed by atoms with Crippen molar-refractivity contribution in [2.75, 3.05) is 39.3 Å². The number of ether oxygens (including phenoxy) is 1. The summed E-state index contributed by atoms with van der Waals surface area (Å²) >= 11 is 0. The molecule has 5 heterocycles. The molecule has 4 aliphatic heterocycles. The number of rotatable bonds is 4. The molecule has 7 nitrogen and oxygen atoms in total. The van der Waals surface area contributed by atoms with Crippen molar-refractivity contribution in [3.05, 3.63) is 53.9 Å². The third-order valence-electron chi connectivity index (χ3n) is 7.51. The van der Waals surface area contributed by atoms with Gasteiger partial charge in [-0.1, -0.05) is 24.3 Å². The SMILES string of the molecule is NC(=O)c1cc(-c2ccccc2C2CN(C3CN4CCC3CC4)CCO2)cc2ocnc12. The zero-order valence-electron chi connectivity index (χ0n) is 18.1. The lowest BCUT2D eigenvalue weighted by Crippen LogP contribution is -2.59. The van der Waals surface area contributed by atoms with Crippen molar-refractivity contribution in [2.24, 2.45) is 11.7 Å². The number of piperidine rings is 3. The molecule has 0 radical (unpaired) electrons. The summed E-state index contributed by atoms with van der Waals surface area (Å²) in [6.45, 7) is 6.30. The number of nitrogens with zero attached hydrogens (tertiary/aromatic N) is 3. The standard InChI is InChI=1S/C25H28N4O3/c26-25(30)20-11-17(12-22-24(20)27-15-32-22)18-3-1-2-4-19(18)23-14-29(9-10-31-23)21-13-28-7-5-16(21)6-8-28/h1-4,11-12,15-16,21,23H,5-10,13-14H2,(H2,26,30). The van der Waals surface area contributed by atoms with E-state index in [1.807, 2.05) is 18.2 Å². The van der Waals surface area contributed by atoms with E-state index < -0.39 is 5.91 Å². The first-order valence-corrected chi connectivity index (χ1v) is 11.5. The molecular weight excluding hydrogens is 404 g/mol. The molecule has 1 amide bonds. The van der Waals surface area contributed by atoms with Crippen molar-refractivity contribution < 1.29 is 13.9 Å². The maximum Gasteiger partial charge on any atom is 0.251 e. The van der Waals surface area contributed by atoms with Crippen molar-refractivity contribution in [2.45, 2.75) is 25.0 Å². The van der Waals surface area contributed by atoms with Gasteiger partial charge in [-0.05, 0) is 60.7 Å². The van der Waals surface area contributed by atoms with Crippen LogP contribution in [0.2, 0.25) is 0 Å². The Hall–Kier alpha value is -2.74. The van der Waals surface area contributed by atoms with E-state index >= 15 is 0 Å². The Balaban J connectivity index is 1.34. The van der Waals surface area contributed by atoms with Crippen LogP contribution in [0, 0.1) is 5.92 Å². The monoisotopic (exact) mass is 432 g/mol. The van der Waals surface area contributed by atoms with Gasteiger partial charge in [0, 0.05) is 25.7 Å². The molecule has 2 atom stereocenters. The van der Waals surface area contributed by atoms with E-state index in [1.165, 1.54) is 38.9 Å². The summed E-state index contributed by atoms with van der Waals surface area (Å²) in [6.07, 6.45) is 3.97. The molecule has 1 aromatic heterocycles. The largest absolute Gasteiger partial charge is 0.443 e. The summed E-state index contributed by atoms with van der Waals surface area (Å²) in [4.78, 5) is 21.5. The van der Waals surface area contributed by atoms with E-state index in [2.05, 4.69) is 33.0 Å². The van der Waals surface area contributed by atoms with Gasteiger partial charge in [0.1, 0.15) is 5.52 Å². The average molecular weight is 433 g/mol. The van der Waals surface area contributed by atoms with Gasteiger partial charge in [0.05, 0.1) is 18.3 Å². The second-order valence-corrected chi connectivity index (χ2v) is 9.23. The number of amides is 1. The van der Waals surface area contributed by atoms with Gasteiger partial charge in [0.25, 0.3) is 5.91 Å². The topological polar surface area (TPSA) is 84.8 Å². The highest BCUT2D eigenvalue weighted by Gasteiger charge is 2.39. The molecule has 2 aromatic carbocycles. The van der Waals surface area contributed by atoms with Crippen LogP contribution in [-0.2, 0) is 4.74 Å². The van der Waals surface area contributed by atoms with Gasteiger partial charge in [-0.15, -0.1) is 0 Å². The minimum absolute atomic E-state index is 0.0159. The number of oxazole rings is 1. The quantitative estimate of drug-likeness (QED) is 0.682. The van der Waals surface area contributed by atoms with Gasteiger partial charge >= 0.3 is 0 Å². The fraction of sp³-hybridized carbons (Fsp3) is 0.440. The van der Waals surface area contributed by atoms with Crippen molar-refractivity contribution in [1.82, 2.24) is 14.8 Å². The number of aromatic nitrogens is 1. The number of carbonyl (C=O) groups is 1. The smallest absolute Gasteiger partial charge is 0.251 e. The molecule has 0 aliphatic carbocycles. The lowest BCUT2D eigenvalue weighted by atomic mass is 9.82. The van der Waals surface area contributed by atoms with Crippen molar-refractivity contribution in [3.63, 3.8) is 0 Å². The highest BCUT2D eigenvalue weighted by molar-refractivity contribution is 6.05. The molecule has 2 unspecified atom stereocenters. The van der Waals surface area contributed by atoms with Crippen molar-refractivity contribution in [1.29, 1.82) is 0 Å². The molecule has 4 fully saturated rings. The number of primary amides is 1. The van der Waals surface area contributed by atoms with Gasteiger partial charge in [0.15, 0.2) is 12.0 Å². The summed E-state index contributed by atoms with van der Waals surface area (Å²) in [5.74, 6) is 0.298. The summed E-state index contributed by atoms with van der Waals surface area (Å²) < 4.78 is 11.8. The van der Waals surface area contributed by atoms with Crippen LogP contribution in [0.3, 0.4) is 0 Å². The van der Waals surface area contributed by atoms with Crippen molar-refractivity contribution >= 4 is 17.0 Å². The Labute approximate surface area is 187 Å². The fourth-order valence-electron chi connectivity index (χ4n) is 5.86. The van der Waals surface area contributed by atoms with Crippen LogP contribution >= 0.6 is 0 Å². The second kappa shape index (κ2) is 7.99. The van der Waals surface area contributed by atoms with Crippen LogP contribution in [-0.4, -0.2) is 66.1 Å². The molecule has 32 heavy (non-hydrogen) atoms. The molecule has 2 bridgehead atoms. The van der Waals surface area contributed by atoms with Crippen LogP contribution in [0.15, 0.2) is 47.2 Å². The molecular formula is C25H28N4O3. The molecule has 166 valence electrons. The Bertz CT molecular complexity index is 1150. The van der Waals surface area contributed by atoms with Crippen LogP contribution in [0.4, 0.5) is 0 Å². The van der Waals surface area contributed by atoms with E-state index in [-0.39, 0.29) is 6.10 Å². The van der Waals surface area contributed by atoms with Crippen molar-refractivity contribution in [3.8, 4) is 11.1 Å². The molecule has 0 saturated carbocycles. The number of carbonyl (C=O) groups excluding carboxylic acids is 1. The van der Waals surface area contributed by atoms with Crippen LogP contribution < -0.4 is 5.73 Å². The van der Waals surface area contributed by atoms with Crippen LogP contribution in [0.25, 0.3) is 22.2 Å². The molecule has 7 heteroatoms. The Morgan fingerprint density at radius 2 is 1.94 bits per heavy atom. The van der Waals surface area contributed by atoms with E-state index in [0.29, 0.717) is 22.7 Å².